The zero-order valence-electron chi connectivity index (χ0n) is 12.2. The summed E-state index contributed by atoms with van der Waals surface area (Å²) in [5.41, 5.74) is 4.25. The van der Waals surface area contributed by atoms with Crippen molar-refractivity contribution < 1.29 is 14.6 Å². The Morgan fingerprint density at radius 3 is 2.52 bits per heavy atom. The number of hydrogen-bond donors (Lipinski definition) is 2. The van der Waals surface area contributed by atoms with E-state index in [0.29, 0.717) is 33.2 Å². The monoisotopic (exact) mass is 285 g/mol. The number of aromatic nitrogens is 3. The highest BCUT2D eigenvalue weighted by molar-refractivity contribution is 6.13. The summed E-state index contributed by atoms with van der Waals surface area (Å²) in [6, 6.07) is 1.52. The van der Waals surface area contributed by atoms with Crippen LogP contribution in [0, 0.1) is 20.8 Å². The van der Waals surface area contributed by atoms with Crippen molar-refractivity contribution >= 4 is 27.9 Å². The first-order chi connectivity index (χ1) is 9.93. The van der Waals surface area contributed by atoms with Gasteiger partial charge >= 0.3 is 5.97 Å². The lowest BCUT2D eigenvalue weighted by atomic mass is 10.1. The molecule has 0 unspecified atom stereocenters. The van der Waals surface area contributed by atoms with Crippen LogP contribution in [0.25, 0.3) is 21.9 Å². The Labute approximate surface area is 120 Å². The fourth-order valence-corrected chi connectivity index (χ4v) is 2.49. The van der Waals surface area contributed by atoms with Crippen LogP contribution in [-0.2, 0) is 4.74 Å². The normalized spacial score (nSPS) is 11.2. The van der Waals surface area contributed by atoms with Crippen LogP contribution in [-0.4, -0.2) is 33.1 Å². The molecule has 0 fully saturated rings. The zero-order chi connectivity index (χ0) is 15.3. The van der Waals surface area contributed by atoms with Gasteiger partial charge in [-0.1, -0.05) is 0 Å². The Balaban J connectivity index is 2.51. The number of hydrogen-bond acceptors (Lipinski definition) is 5. The van der Waals surface area contributed by atoms with Gasteiger partial charge in [0.05, 0.1) is 29.6 Å². The first-order valence-electron chi connectivity index (χ1n) is 6.51. The zero-order valence-corrected chi connectivity index (χ0v) is 12.2. The maximum atomic E-state index is 11.9. The number of carbonyl (C=O) groups is 1. The highest BCUT2D eigenvalue weighted by Gasteiger charge is 2.21. The van der Waals surface area contributed by atoms with Crippen molar-refractivity contribution in [3.05, 3.63) is 28.7 Å². The number of carbonyl (C=O) groups excluding carboxylic acids is 1. The second kappa shape index (κ2) is 4.44. The van der Waals surface area contributed by atoms with E-state index >= 15 is 0 Å². The number of esters is 1. The van der Waals surface area contributed by atoms with Gasteiger partial charge in [0.1, 0.15) is 16.8 Å². The highest BCUT2D eigenvalue weighted by atomic mass is 16.5. The minimum Gasteiger partial charge on any atom is -0.506 e. The van der Waals surface area contributed by atoms with Gasteiger partial charge in [-0.15, -0.1) is 0 Å². The number of rotatable bonds is 1. The Kier molecular flexibility index (Phi) is 2.83. The Morgan fingerprint density at radius 2 is 1.86 bits per heavy atom. The predicted molar refractivity (Wildman–Crippen MR) is 78.6 cm³/mol. The number of phenolic OH excluding ortho intramolecular Hbond substituents is 1. The van der Waals surface area contributed by atoms with E-state index < -0.39 is 5.97 Å². The molecule has 0 saturated heterocycles. The number of benzene rings is 1. The van der Waals surface area contributed by atoms with Crippen molar-refractivity contribution in [3.63, 3.8) is 0 Å². The maximum absolute atomic E-state index is 11.9. The van der Waals surface area contributed by atoms with Gasteiger partial charge < -0.3 is 14.8 Å². The van der Waals surface area contributed by atoms with Gasteiger partial charge in [0.25, 0.3) is 0 Å². The molecule has 6 heteroatoms. The minimum absolute atomic E-state index is 0.0330. The molecule has 0 amide bonds. The Bertz CT molecular complexity index is 896. The van der Waals surface area contributed by atoms with Crippen LogP contribution in [0.4, 0.5) is 0 Å². The lowest BCUT2D eigenvalue weighted by Crippen LogP contribution is -2.02. The number of phenols is 1. The number of ether oxygens (including phenoxy) is 1. The van der Waals surface area contributed by atoms with Crippen molar-refractivity contribution in [3.8, 4) is 5.75 Å². The van der Waals surface area contributed by atoms with E-state index in [2.05, 4.69) is 15.0 Å². The molecule has 0 aliphatic rings. The number of nitrogens with one attached hydrogen (secondary N) is 1. The largest absolute Gasteiger partial charge is 0.506 e. The molecular weight excluding hydrogens is 270 g/mol. The summed E-state index contributed by atoms with van der Waals surface area (Å²) >= 11 is 0. The third kappa shape index (κ3) is 1.83. The quantitative estimate of drug-likeness (QED) is 0.671. The number of H-pyrrole nitrogens is 1. The third-order valence-corrected chi connectivity index (χ3v) is 3.69. The fourth-order valence-electron chi connectivity index (χ4n) is 2.49. The van der Waals surface area contributed by atoms with E-state index in [0.717, 1.165) is 11.4 Å². The molecule has 0 spiro atoms. The standard InChI is InChI=1S/C15H15N3O3/c1-6-7(2)17-14-12-9(5-10(19)13(14)16-6)11(8(3)18-12)15(20)21-4/h5,16,19H,1-4H3. The number of aromatic amines is 1. The van der Waals surface area contributed by atoms with Gasteiger partial charge in [0.2, 0.25) is 0 Å². The van der Waals surface area contributed by atoms with Gasteiger partial charge in [-0.3, -0.25) is 0 Å². The summed E-state index contributed by atoms with van der Waals surface area (Å²) in [7, 11) is 1.32. The molecule has 1 aromatic carbocycles. The SMILES string of the molecule is COC(=O)c1c(C)nc2c1cc(O)c1[nH]c(C)c(C)nc12. The minimum atomic E-state index is -0.471. The van der Waals surface area contributed by atoms with Crippen molar-refractivity contribution in [2.24, 2.45) is 0 Å². The lowest BCUT2D eigenvalue weighted by Gasteiger charge is -2.07. The van der Waals surface area contributed by atoms with Crippen molar-refractivity contribution in [2.75, 3.05) is 7.11 Å². The molecule has 0 bridgehead atoms. The number of fused-ring (bicyclic) bond motifs is 3. The summed E-state index contributed by atoms with van der Waals surface area (Å²) in [5.74, 6) is -0.438. The van der Waals surface area contributed by atoms with Crippen molar-refractivity contribution in [2.45, 2.75) is 20.8 Å². The molecule has 2 aromatic heterocycles. The topological polar surface area (TPSA) is 88.1 Å². The molecule has 21 heavy (non-hydrogen) atoms. The first-order valence-corrected chi connectivity index (χ1v) is 6.51. The van der Waals surface area contributed by atoms with Gasteiger partial charge in [0.15, 0.2) is 0 Å². The number of methoxy groups -OCH3 is 1. The molecule has 2 N–H and O–H groups in total. The summed E-state index contributed by atoms with van der Waals surface area (Å²) in [6.07, 6.45) is 0. The van der Waals surface area contributed by atoms with E-state index in [-0.39, 0.29) is 5.75 Å². The van der Waals surface area contributed by atoms with Gasteiger partial charge in [0, 0.05) is 11.1 Å². The summed E-state index contributed by atoms with van der Waals surface area (Å²) in [4.78, 5) is 24.0. The van der Waals surface area contributed by atoms with Gasteiger partial charge in [-0.25, -0.2) is 14.8 Å². The van der Waals surface area contributed by atoms with E-state index in [1.807, 2.05) is 13.8 Å². The molecule has 108 valence electrons. The second-order valence-electron chi connectivity index (χ2n) is 5.03. The van der Waals surface area contributed by atoms with E-state index in [9.17, 15) is 9.90 Å². The van der Waals surface area contributed by atoms with Crippen LogP contribution < -0.4 is 0 Å². The van der Waals surface area contributed by atoms with Crippen molar-refractivity contribution in [1.82, 2.24) is 15.0 Å². The Morgan fingerprint density at radius 1 is 1.19 bits per heavy atom. The number of aryl methyl sites for hydroxylation is 3. The second-order valence-corrected chi connectivity index (χ2v) is 5.03. The number of aromatic hydroxyl groups is 1. The molecule has 0 atom stereocenters. The molecule has 0 saturated carbocycles. The Hall–Kier alpha value is -2.63. The molecule has 3 aromatic rings. The van der Waals surface area contributed by atoms with Crippen LogP contribution in [0.3, 0.4) is 0 Å². The predicted octanol–water partition coefficient (Wildman–Crippen LogP) is 2.53. The number of nitrogens with zero attached hydrogens (tertiary/aromatic N) is 2. The molecule has 0 radical (unpaired) electrons. The van der Waals surface area contributed by atoms with E-state index in [1.54, 1.807) is 6.92 Å². The van der Waals surface area contributed by atoms with Gasteiger partial charge in [-0.05, 0) is 26.8 Å². The van der Waals surface area contributed by atoms with E-state index in [4.69, 9.17) is 4.74 Å². The van der Waals surface area contributed by atoms with Crippen LogP contribution in [0.2, 0.25) is 0 Å². The molecule has 0 aliphatic carbocycles. The summed E-state index contributed by atoms with van der Waals surface area (Å²) in [5, 5.41) is 10.8. The van der Waals surface area contributed by atoms with Crippen LogP contribution in [0.15, 0.2) is 6.07 Å². The van der Waals surface area contributed by atoms with E-state index in [1.165, 1.54) is 13.2 Å². The summed E-state index contributed by atoms with van der Waals surface area (Å²) in [6.45, 7) is 5.49. The highest BCUT2D eigenvalue weighted by Crippen LogP contribution is 2.34. The van der Waals surface area contributed by atoms with Crippen LogP contribution >= 0.6 is 0 Å². The molecule has 6 nitrogen and oxygen atoms in total. The van der Waals surface area contributed by atoms with Crippen molar-refractivity contribution in [1.29, 1.82) is 0 Å². The maximum Gasteiger partial charge on any atom is 0.340 e. The van der Waals surface area contributed by atoms with Crippen LogP contribution in [0.5, 0.6) is 5.75 Å². The molecule has 2 heterocycles. The third-order valence-electron chi connectivity index (χ3n) is 3.69. The summed E-state index contributed by atoms with van der Waals surface area (Å²) < 4.78 is 4.79. The average Bonchev–Trinajstić information content (AvgIpc) is 2.77. The van der Waals surface area contributed by atoms with Crippen LogP contribution in [0.1, 0.15) is 27.4 Å². The first kappa shape index (κ1) is 13.4. The average molecular weight is 285 g/mol. The molecular formula is C15H15N3O3. The molecule has 3 rings (SSSR count). The fraction of sp³-hybridized carbons (Fsp3) is 0.267. The smallest absolute Gasteiger partial charge is 0.340 e. The lowest BCUT2D eigenvalue weighted by molar-refractivity contribution is 0.0602. The molecule has 0 aliphatic heterocycles. The van der Waals surface area contributed by atoms with Gasteiger partial charge in [-0.2, -0.15) is 0 Å².